The van der Waals surface area contributed by atoms with Crippen molar-refractivity contribution in [1.29, 1.82) is 0 Å². The third-order valence-corrected chi connectivity index (χ3v) is 4.54. The number of thioether (sulfide) groups is 1. The molecule has 118 valence electrons. The van der Waals surface area contributed by atoms with Crippen LogP contribution in [0.3, 0.4) is 0 Å². The molecule has 0 unspecified atom stereocenters. The van der Waals surface area contributed by atoms with Gasteiger partial charge in [0.2, 0.25) is 11.8 Å². The number of fused-ring (bicyclic) bond motifs is 1. The Balaban J connectivity index is 1.76. The fraction of sp³-hybridized carbons (Fsp3) is 0.176. The maximum atomic E-state index is 12.3. The summed E-state index contributed by atoms with van der Waals surface area (Å²) in [5.74, 6) is 0.606. The predicted octanol–water partition coefficient (Wildman–Crippen LogP) is 2.77. The van der Waals surface area contributed by atoms with Crippen molar-refractivity contribution in [2.75, 3.05) is 29.6 Å². The number of methoxy groups -OCH3 is 1. The second kappa shape index (κ2) is 6.75. The van der Waals surface area contributed by atoms with Gasteiger partial charge in [-0.2, -0.15) is 0 Å². The molecule has 0 aliphatic carbocycles. The van der Waals surface area contributed by atoms with Gasteiger partial charge in [0, 0.05) is 4.90 Å². The molecule has 0 radical (unpaired) electrons. The lowest BCUT2D eigenvalue weighted by molar-refractivity contribution is -0.120. The van der Waals surface area contributed by atoms with Crippen molar-refractivity contribution >= 4 is 35.0 Å². The van der Waals surface area contributed by atoms with Gasteiger partial charge in [0.05, 0.1) is 24.2 Å². The first-order valence-corrected chi connectivity index (χ1v) is 8.12. The lowest BCUT2D eigenvalue weighted by atomic mass is 10.2. The Morgan fingerprint density at radius 1 is 1.22 bits per heavy atom. The van der Waals surface area contributed by atoms with Gasteiger partial charge in [0.25, 0.3) is 0 Å². The molecule has 0 bridgehead atoms. The van der Waals surface area contributed by atoms with Gasteiger partial charge in [0.15, 0.2) is 0 Å². The van der Waals surface area contributed by atoms with E-state index < -0.39 is 0 Å². The van der Waals surface area contributed by atoms with Crippen LogP contribution in [0.1, 0.15) is 0 Å². The molecule has 6 heteroatoms. The number of anilines is 2. The Morgan fingerprint density at radius 2 is 1.96 bits per heavy atom. The van der Waals surface area contributed by atoms with Crippen LogP contribution in [0.4, 0.5) is 11.4 Å². The smallest absolute Gasteiger partial charge is 0.244 e. The highest BCUT2D eigenvalue weighted by molar-refractivity contribution is 8.00. The average molecular weight is 328 g/mol. The second-order valence-electron chi connectivity index (χ2n) is 4.98. The fourth-order valence-electron chi connectivity index (χ4n) is 2.41. The summed E-state index contributed by atoms with van der Waals surface area (Å²) in [6, 6.07) is 14.8. The van der Waals surface area contributed by atoms with E-state index in [9.17, 15) is 9.59 Å². The van der Waals surface area contributed by atoms with Crippen molar-refractivity contribution < 1.29 is 14.3 Å². The molecule has 1 aliphatic heterocycles. The highest BCUT2D eigenvalue weighted by Gasteiger charge is 2.26. The van der Waals surface area contributed by atoms with E-state index in [2.05, 4.69) is 5.32 Å². The Morgan fingerprint density at radius 3 is 2.78 bits per heavy atom. The highest BCUT2D eigenvalue weighted by Crippen LogP contribution is 2.34. The molecular weight excluding hydrogens is 312 g/mol. The van der Waals surface area contributed by atoms with Crippen molar-refractivity contribution in [1.82, 2.24) is 0 Å². The maximum Gasteiger partial charge on any atom is 0.244 e. The minimum Gasteiger partial charge on any atom is -0.495 e. The van der Waals surface area contributed by atoms with Crippen LogP contribution in [0, 0.1) is 0 Å². The number of hydrogen-bond acceptors (Lipinski definition) is 4. The van der Waals surface area contributed by atoms with Crippen molar-refractivity contribution in [3.05, 3.63) is 48.5 Å². The highest BCUT2D eigenvalue weighted by atomic mass is 32.2. The largest absolute Gasteiger partial charge is 0.495 e. The summed E-state index contributed by atoms with van der Waals surface area (Å²) in [4.78, 5) is 27.0. The number of amides is 2. The molecule has 2 aromatic rings. The molecule has 0 saturated carbocycles. The molecule has 0 aromatic heterocycles. The first-order chi connectivity index (χ1) is 11.2. The molecule has 0 saturated heterocycles. The topological polar surface area (TPSA) is 58.6 Å². The van der Waals surface area contributed by atoms with Crippen LogP contribution in [-0.2, 0) is 9.59 Å². The van der Waals surface area contributed by atoms with E-state index in [1.807, 2.05) is 36.4 Å². The molecule has 2 aromatic carbocycles. The van der Waals surface area contributed by atoms with Crippen LogP contribution in [0.25, 0.3) is 0 Å². The van der Waals surface area contributed by atoms with E-state index >= 15 is 0 Å². The first-order valence-electron chi connectivity index (χ1n) is 7.14. The lowest BCUT2D eigenvalue weighted by Crippen LogP contribution is -2.41. The van der Waals surface area contributed by atoms with Gasteiger partial charge in [-0.1, -0.05) is 24.3 Å². The Labute approximate surface area is 138 Å². The van der Waals surface area contributed by atoms with Crippen molar-refractivity contribution in [3.63, 3.8) is 0 Å². The van der Waals surface area contributed by atoms with E-state index in [1.165, 1.54) is 16.7 Å². The molecule has 2 amide bonds. The fourth-order valence-corrected chi connectivity index (χ4v) is 3.34. The number of nitrogens with one attached hydrogen (secondary N) is 1. The molecule has 3 rings (SSSR count). The van der Waals surface area contributed by atoms with Crippen LogP contribution < -0.4 is 15.0 Å². The van der Waals surface area contributed by atoms with Gasteiger partial charge in [-0.15, -0.1) is 11.8 Å². The van der Waals surface area contributed by atoms with Gasteiger partial charge < -0.3 is 15.0 Å². The third-order valence-electron chi connectivity index (χ3n) is 3.49. The van der Waals surface area contributed by atoms with Gasteiger partial charge in [0.1, 0.15) is 12.3 Å². The average Bonchev–Trinajstić information content (AvgIpc) is 2.58. The number of nitrogens with zero attached hydrogens (tertiary/aromatic N) is 1. The van der Waals surface area contributed by atoms with E-state index in [0.29, 0.717) is 17.2 Å². The van der Waals surface area contributed by atoms with Crippen LogP contribution in [0.15, 0.2) is 53.4 Å². The lowest BCUT2D eigenvalue weighted by Gasteiger charge is -2.28. The Hall–Kier alpha value is -2.47. The summed E-state index contributed by atoms with van der Waals surface area (Å²) in [5, 5.41) is 2.80. The van der Waals surface area contributed by atoms with E-state index in [0.717, 1.165) is 10.6 Å². The molecule has 23 heavy (non-hydrogen) atoms. The summed E-state index contributed by atoms with van der Waals surface area (Å²) in [6.07, 6.45) is 0. The number of para-hydroxylation sites is 3. The number of ether oxygens (including phenoxy) is 1. The zero-order chi connectivity index (χ0) is 16.2. The summed E-state index contributed by atoms with van der Waals surface area (Å²) >= 11 is 1.49. The van der Waals surface area contributed by atoms with Crippen LogP contribution in [0.2, 0.25) is 0 Å². The summed E-state index contributed by atoms with van der Waals surface area (Å²) in [6.45, 7) is -0.0194. The predicted molar refractivity (Wildman–Crippen MR) is 91.1 cm³/mol. The van der Waals surface area contributed by atoms with Gasteiger partial charge in [-0.25, -0.2) is 0 Å². The van der Waals surface area contributed by atoms with Gasteiger partial charge in [-0.05, 0) is 24.3 Å². The summed E-state index contributed by atoms with van der Waals surface area (Å²) < 4.78 is 5.21. The molecule has 1 N–H and O–H groups in total. The van der Waals surface area contributed by atoms with Crippen molar-refractivity contribution in [2.24, 2.45) is 0 Å². The number of carbonyl (C=O) groups excluding carboxylic acids is 2. The molecular formula is C17H16N2O3S. The van der Waals surface area contributed by atoms with Crippen molar-refractivity contribution in [3.8, 4) is 5.75 Å². The standard InChI is InChI=1S/C17H16N2O3S/c1-22-14-8-4-2-6-12(14)18-16(20)10-19-13-7-3-5-9-15(13)23-11-17(19)21/h2-9H,10-11H2,1H3,(H,18,20). The zero-order valence-corrected chi connectivity index (χ0v) is 13.4. The molecule has 5 nitrogen and oxygen atoms in total. The SMILES string of the molecule is COc1ccccc1NC(=O)CN1C(=O)CSc2ccccc21. The monoisotopic (exact) mass is 328 g/mol. The molecule has 1 aliphatic rings. The maximum absolute atomic E-state index is 12.3. The van der Waals surface area contributed by atoms with Crippen LogP contribution >= 0.6 is 11.8 Å². The number of benzene rings is 2. The Bertz CT molecular complexity index is 748. The van der Waals surface area contributed by atoms with E-state index in [-0.39, 0.29) is 18.4 Å². The molecule has 0 spiro atoms. The minimum atomic E-state index is -0.260. The third kappa shape index (κ3) is 3.32. The summed E-state index contributed by atoms with van der Waals surface area (Å²) in [5.41, 5.74) is 1.37. The normalized spacial score (nSPS) is 13.4. The zero-order valence-electron chi connectivity index (χ0n) is 12.6. The van der Waals surface area contributed by atoms with Crippen LogP contribution in [-0.4, -0.2) is 31.2 Å². The molecule has 0 fully saturated rings. The minimum absolute atomic E-state index is 0.0194. The Kier molecular flexibility index (Phi) is 4.52. The molecule has 0 atom stereocenters. The quantitative estimate of drug-likeness (QED) is 0.937. The van der Waals surface area contributed by atoms with Crippen LogP contribution in [0.5, 0.6) is 5.75 Å². The number of hydrogen-bond donors (Lipinski definition) is 1. The number of carbonyl (C=O) groups is 2. The van der Waals surface area contributed by atoms with Gasteiger partial charge >= 0.3 is 0 Å². The van der Waals surface area contributed by atoms with Gasteiger partial charge in [-0.3, -0.25) is 9.59 Å². The van der Waals surface area contributed by atoms with E-state index in [4.69, 9.17) is 4.74 Å². The van der Waals surface area contributed by atoms with Crippen molar-refractivity contribution in [2.45, 2.75) is 4.90 Å². The first kappa shape index (κ1) is 15.4. The van der Waals surface area contributed by atoms with E-state index in [1.54, 1.807) is 19.2 Å². The number of rotatable bonds is 4. The second-order valence-corrected chi connectivity index (χ2v) is 6.00. The summed E-state index contributed by atoms with van der Waals surface area (Å²) in [7, 11) is 1.55. The molecule has 1 heterocycles.